The lowest BCUT2D eigenvalue weighted by atomic mass is 10.0. The third kappa shape index (κ3) is 4.11. The lowest BCUT2D eigenvalue weighted by Crippen LogP contribution is -2.29. The molecular formula is C9H14NO4P. The Kier molecular flexibility index (Phi) is 4.02. The van der Waals surface area contributed by atoms with Gasteiger partial charge in [0.2, 0.25) is 0 Å². The first-order valence-corrected chi connectivity index (χ1v) is 6.23. The lowest BCUT2D eigenvalue weighted by Gasteiger charge is -2.19. The minimum Gasteiger partial charge on any atom is -0.390 e. The third-order valence-electron chi connectivity index (χ3n) is 2.02. The number of benzene rings is 1. The molecule has 2 unspecified atom stereocenters. The molecule has 1 aromatic carbocycles. The smallest absolute Gasteiger partial charge is 0.328 e. The molecule has 84 valence electrons. The summed E-state index contributed by atoms with van der Waals surface area (Å²) in [5.74, 6) is 0. The second-order valence-electron chi connectivity index (χ2n) is 3.35. The SMILES string of the molecule is NC(c1ccccc1)C(O)CP(=O)(O)O. The molecule has 5 nitrogen and oxygen atoms in total. The number of rotatable bonds is 4. The lowest BCUT2D eigenvalue weighted by molar-refractivity contribution is 0.159. The predicted molar refractivity (Wildman–Crippen MR) is 56.3 cm³/mol. The van der Waals surface area contributed by atoms with Gasteiger partial charge in [0.15, 0.2) is 0 Å². The van der Waals surface area contributed by atoms with Crippen LogP contribution in [0.15, 0.2) is 30.3 Å². The van der Waals surface area contributed by atoms with Crippen molar-refractivity contribution in [3.8, 4) is 0 Å². The Morgan fingerprint density at radius 3 is 2.27 bits per heavy atom. The fourth-order valence-electron chi connectivity index (χ4n) is 1.25. The van der Waals surface area contributed by atoms with Crippen LogP contribution in [-0.4, -0.2) is 27.2 Å². The zero-order chi connectivity index (χ0) is 11.5. The van der Waals surface area contributed by atoms with Gasteiger partial charge in [-0.1, -0.05) is 30.3 Å². The molecule has 15 heavy (non-hydrogen) atoms. The van der Waals surface area contributed by atoms with Gasteiger partial charge in [0, 0.05) is 0 Å². The standard InChI is InChI=1S/C9H14NO4P/c10-9(7-4-2-1-3-5-7)8(11)6-15(12,13)14/h1-5,8-9,11H,6,10H2,(H2,12,13,14). The van der Waals surface area contributed by atoms with E-state index < -0.39 is 25.9 Å². The van der Waals surface area contributed by atoms with E-state index in [-0.39, 0.29) is 0 Å². The quantitative estimate of drug-likeness (QED) is 0.555. The molecule has 0 aliphatic carbocycles. The number of aliphatic hydroxyl groups is 1. The minimum atomic E-state index is -4.23. The molecule has 0 saturated carbocycles. The molecule has 5 N–H and O–H groups in total. The molecule has 0 aliphatic heterocycles. The molecule has 6 heteroatoms. The molecule has 0 spiro atoms. The van der Waals surface area contributed by atoms with Crippen molar-refractivity contribution in [2.45, 2.75) is 12.1 Å². The summed E-state index contributed by atoms with van der Waals surface area (Å²) < 4.78 is 10.7. The van der Waals surface area contributed by atoms with Crippen LogP contribution in [0.2, 0.25) is 0 Å². The molecule has 0 radical (unpaired) electrons. The highest BCUT2D eigenvalue weighted by atomic mass is 31.2. The van der Waals surface area contributed by atoms with Gasteiger partial charge >= 0.3 is 7.60 Å². The highest BCUT2D eigenvalue weighted by Gasteiger charge is 2.25. The monoisotopic (exact) mass is 231 g/mol. The first-order valence-electron chi connectivity index (χ1n) is 4.43. The maximum absolute atomic E-state index is 10.7. The topological polar surface area (TPSA) is 104 Å². The van der Waals surface area contributed by atoms with E-state index in [1.165, 1.54) is 0 Å². The molecule has 0 heterocycles. The summed E-state index contributed by atoms with van der Waals surface area (Å²) in [6.07, 6.45) is -1.86. The molecule has 0 bridgehead atoms. The van der Waals surface area contributed by atoms with Gasteiger partial charge in [-0.25, -0.2) is 0 Å². The van der Waals surface area contributed by atoms with Crippen LogP contribution in [0, 0.1) is 0 Å². The summed E-state index contributed by atoms with van der Waals surface area (Å²) in [7, 11) is -4.23. The average molecular weight is 231 g/mol. The van der Waals surface area contributed by atoms with Crippen LogP contribution in [0.1, 0.15) is 11.6 Å². The fourth-order valence-corrected chi connectivity index (χ4v) is 1.97. The summed E-state index contributed by atoms with van der Waals surface area (Å²) >= 11 is 0. The molecule has 2 atom stereocenters. The Morgan fingerprint density at radius 2 is 1.80 bits per heavy atom. The molecule has 1 aromatic rings. The van der Waals surface area contributed by atoms with Crippen LogP contribution in [0.3, 0.4) is 0 Å². The van der Waals surface area contributed by atoms with Gasteiger partial charge in [0.25, 0.3) is 0 Å². The molecule has 1 rings (SSSR count). The zero-order valence-corrected chi connectivity index (χ0v) is 8.92. The van der Waals surface area contributed by atoms with Crippen molar-refractivity contribution in [1.29, 1.82) is 0 Å². The zero-order valence-electron chi connectivity index (χ0n) is 8.02. The van der Waals surface area contributed by atoms with E-state index in [1.54, 1.807) is 30.3 Å². The molecule has 0 fully saturated rings. The van der Waals surface area contributed by atoms with Crippen molar-refractivity contribution >= 4 is 7.60 Å². The first-order chi connectivity index (χ1) is 6.90. The summed E-state index contributed by atoms with van der Waals surface area (Å²) in [4.78, 5) is 17.4. The Bertz CT molecular complexity index is 350. The van der Waals surface area contributed by atoms with Gasteiger partial charge in [0.05, 0.1) is 18.3 Å². The van der Waals surface area contributed by atoms with Crippen LogP contribution in [-0.2, 0) is 4.57 Å². The van der Waals surface area contributed by atoms with Gasteiger partial charge < -0.3 is 20.6 Å². The van der Waals surface area contributed by atoms with Crippen molar-refractivity contribution in [2.24, 2.45) is 5.73 Å². The average Bonchev–Trinajstić information content (AvgIpc) is 2.15. The van der Waals surface area contributed by atoms with Crippen molar-refractivity contribution in [1.82, 2.24) is 0 Å². The van der Waals surface area contributed by atoms with Gasteiger partial charge in [-0.3, -0.25) is 4.57 Å². The Hall–Kier alpha value is -0.710. The summed E-state index contributed by atoms with van der Waals surface area (Å²) in [6.45, 7) is 0. The predicted octanol–water partition coefficient (Wildman–Crippen LogP) is 0.225. The Labute approximate surface area is 87.7 Å². The second kappa shape index (κ2) is 4.88. The van der Waals surface area contributed by atoms with Gasteiger partial charge in [-0.05, 0) is 5.56 Å². The number of hydrogen-bond donors (Lipinski definition) is 4. The van der Waals surface area contributed by atoms with Crippen molar-refractivity contribution in [3.63, 3.8) is 0 Å². The largest absolute Gasteiger partial charge is 0.390 e. The minimum absolute atomic E-state index is 0.622. The van der Waals surface area contributed by atoms with E-state index >= 15 is 0 Å². The highest BCUT2D eigenvalue weighted by molar-refractivity contribution is 7.51. The molecule has 0 aromatic heterocycles. The number of hydrogen-bond acceptors (Lipinski definition) is 3. The van der Waals surface area contributed by atoms with Crippen molar-refractivity contribution < 1.29 is 19.5 Å². The summed E-state index contributed by atoms with van der Waals surface area (Å²) in [5.41, 5.74) is 6.30. The summed E-state index contributed by atoms with van der Waals surface area (Å²) in [6, 6.07) is 7.92. The van der Waals surface area contributed by atoms with Crippen LogP contribution >= 0.6 is 7.60 Å². The van der Waals surface area contributed by atoms with Crippen LogP contribution in [0.5, 0.6) is 0 Å². The second-order valence-corrected chi connectivity index (χ2v) is 5.05. The maximum atomic E-state index is 10.7. The number of nitrogens with two attached hydrogens (primary N) is 1. The Morgan fingerprint density at radius 1 is 1.27 bits per heavy atom. The number of aliphatic hydroxyl groups excluding tert-OH is 1. The van der Waals surface area contributed by atoms with Crippen molar-refractivity contribution in [2.75, 3.05) is 6.16 Å². The van der Waals surface area contributed by atoms with E-state index in [0.29, 0.717) is 5.56 Å². The van der Waals surface area contributed by atoms with Crippen molar-refractivity contribution in [3.05, 3.63) is 35.9 Å². The molecule has 0 amide bonds. The fraction of sp³-hybridized carbons (Fsp3) is 0.333. The van der Waals surface area contributed by atoms with E-state index in [9.17, 15) is 9.67 Å². The van der Waals surface area contributed by atoms with E-state index in [4.69, 9.17) is 15.5 Å². The Balaban J connectivity index is 2.69. The first kappa shape index (κ1) is 12.4. The molecule has 0 aliphatic rings. The van der Waals surface area contributed by atoms with E-state index in [0.717, 1.165) is 0 Å². The summed E-state index contributed by atoms with van der Waals surface area (Å²) in [5, 5.41) is 9.49. The normalized spacial score (nSPS) is 16.0. The third-order valence-corrected chi connectivity index (χ3v) is 2.87. The van der Waals surface area contributed by atoms with E-state index in [2.05, 4.69) is 0 Å². The molecule has 0 saturated heterocycles. The maximum Gasteiger partial charge on any atom is 0.328 e. The van der Waals surface area contributed by atoms with E-state index in [1.807, 2.05) is 0 Å². The van der Waals surface area contributed by atoms with Gasteiger partial charge in [-0.15, -0.1) is 0 Å². The van der Waals surface area contributed by atoms with Crippen LogP contribution < -0.4 is 5.73 Å². The molecular weight excluding hydrogens is 217 g/mol. The van der Waals surface area contributed by atoms with Gasteiger partial charge in [-0.2, -0.15) is 0 Å². The van der Waals surface area contributed by atoms with Crippen LogP contribution in [0.4, 0.5) is 0 Å². The highest BCUT2D eigenvalue weighted by Crippen LogP contribution is 2.36. The van der Waals surface area contributed by atoms with Gasteiger partial charge in [0.1, 0.15) is 0 Å². The van der Waals surface area contributed by atoms with Crippen LogP contribution in [0.25, 0.3) is 0 Å².